The molecule has 5 rings (SSSR count). The highest BCUT2D eigenvalue weighted by atomic mass is 35.5. The average Bonchev–Trinajstić information content (AvgIpc) is 3.61. The Morgan fingerprint density at radius 1 is 1.36 bits per heavy atom. The molecular formula is C25H22ClN7O7S2. The molecule has 5 N–H and O–H groups in total. The lowest BCUT2D eigenvalue weighted by atomic mass is 10.0. The van der Waals surface area contributed by atoms with Crippen LogP contribution in [0.3, 0.4) is 0 Å². The molecule has 2 amide bonds. The van der Waals surface area contributed by atoms with Crippen molar-refractivity contribution in [2.75, 3.05) is 11.5 Å². The number of fused-ring (bicyclic) bond motifs is 1. The molecule has 1 fully saturated rings. The van der Waals surface area contributed by atoms with E-state index in [0.29, 0.717) is 5.57 Å². The SMILES string of the molecule is C[C@H](O/N=C(\C(=O)N[C@@H]1C(=O)N2C(C(=O)[O-])=C(C[n+]3ccc(-c4cc[nH]c4)cc3)CSC12)c1nc(N)sc1Cl)C(=O)O. The Morgan fingerprint density at radius 3 is 2.69 bits per heavy atom. The molecule has 0 bridgehead atoms. The summed E-state index contributed by atoms with van der Waals surface area (Å²) in [5.41, 5.74) is 7.22. The van der Waals surface area contributed by atoms with E-state index in [-0.39, 0.29) is 33.2 Å². The van der Waals surface area contributed by atoms with Gasteiger partial charge in [-0.25, -0.2) is 14.3 Å². The number of nitrogens with two attached hydrogens (primary N) is 1. The molecule has 1 unspecified atom stereocenters. The number of oxime groups is 1. The van der Waals surface area contributed by atoms with Gasteiger partial charge in [-0.3, -0.25) is 14.5 Å². The number of thioether (sulfide) groups is 1. The number of thiazole rings is 1. The number of hydrogen-bond donors (Lipinski definition) is 4. The maximum atomic E-state index is 13.2. The summed E-state index contributed by atoms with van der Waals surface area (Å²) in [4.78, 5) is 62.7. The Hall–Kier alpha value is -4.41. The minimum atomic E-state index is -1.51. The van der Waals surface area contributed by atoms with Crippen LogP contribution in [0.4, 0.5) is 5.13 Å². The summed E-state index contributed by atoms with van der Waals surface area (Å²) in [6.45, 7) is 1.40. The number of carboxylic acids is 2. The second kappa shape index (κ2) is 11.8. The Labute approximate surface area is 250 Å². The van der Waals surface area contributed by atoms with Crippen LogP contribution in [0.5, 0.6) is 0 Å². The number of nitrogen functional groups attached to an aromatic ring is 1. The van der Waals surface area contributed by atoms with Gasteiger partial charge in [-0.15, -0.1) is 11.8 Å². The van der Waals surface area contributed by atoms with E-state index in [9.17, 15) is 24.3 Å². The van der Waals surface area contributed by atoms with Crippen LogP contribution in [-0.4, -0.2) is 72.7 Å². The lowest BCUT2D eigenvalue weighted by Crippen LogP contribution is -2.71. The zero-order chi connectivity index (χ0) is 30.1. The second-order valence-electron chi connectivity index (χ2n) is 9.16. The first kappa shape index (κ1) is 29.1. The van der Waals surface area contributed by atoms with Crippen molar-refractivity contribution in [2.45, 2.75) is 31.0 Å². The van der Waals surface area contributed by atoms with Crippen LogP contribution < -0.4 is 20.7 Å². The van der Waals surface area contributed by atoms with Gasteiger partial charge in [-0.05, 0) is 24.1 Å². The van der Waals surface area contributed by atoms with Crippen LogP contribution >= 0.6 is 34.7 Å². The van der Waals surface area contributed by atoms with E-state index in [0.717, 1.165) is 27.4 Å². The summed E-state index contributed by atoms with van der Waals surface area (Å²) in [5.74, 6) is -4.21. The predicted molar refractivity (Wildman–Crippen MR) is 150 cm³/mol. The maximum Gasteiger partial charge on any atom is 0.347 e. The monoisotopic (exact) mass is 631 g/mol. The fourth-order valence-electron chi connectivity index (χ4n) is 4.31. The molecule has 0 saturated carbocycles. The number of halogens is 1. The minimum Gasteiger partial charge on any atom is -0.543 e. The number of anilines is 1. The zero-order valence-corrected chi connectivity index (χ0v) is 24.0. The van der Waals surface area contributed by atoms with Crippen molar-refractivity contribution in [3.8, 4) is 11.1 Å². The number of carbonyl (C=O) groups is 4. The van der Waals surface area contributed by atoms with E-state index in [1.165, 1.54) is 18.7 Å². The van der Waals surface area contributed by atoms with Crippen LogP contribution in [0, 0.1) is 0 Å². The molecule has 1 saturated heterocycles. The number of nitrogens with zero attached hydrogens (tertiary/aromatic N) is 4. The molecule has 3 atom stereocenters. The molecule has 0 spiro atoms. The molecule has 3 aromatic heterocycles. The van der Waals surface area contributed by atoms with E-state index in [2.05, 4.69) is 20.4 Å². The van der Waals surface area contributed by atoms with Crippen molar-refractivity contribution in [1.29, 1.82) is 0 Å². The second-order valence-corrected chi connectivity index (χ2v) is 11.9. The molecule has 0 radical (unpaired) electrons. The highest BCUT2D eigenvalue weighted by molar-refractivity contribution is 8.00. The third-order valence-electron chi connectivity index (χ3n) is 6.41. The van der Waals surface area contributed by atoms with Gasteiger partial charge in [0.25, 0.3) is 11.8 Å². The van der Waals surface area contributed by atoms with Crippen LogP contribution in [0.1, 0.15) is 12.6 Å². The van der Waals surface area contributed by atoms with Gasteiger partial charge in [0.05, 0.1) is 11.7 Å². The number of carboxylic acid groups (broad SMARTS) is 2. The molecule has 3 aromatic rings. The summed E-state index contributed by atoms with van der Waals surface area (Å²) in [6, 6.07) is 4.59. The first-order valence-corrected chi connectivity index (χ1v) is 14.5. The van der Waals surface area contributed by atoms with Crippen LogP contribution in [0.25, 0.3) is 11.1 Å². The first-order chi connectivity index (χ1) is 20.0. The van der Waals surface area contributed by atoms with Gasteiger partial charge >= 0.3 is 5.97 Å². The summed E-state index contributed by atoms with van der Waals surface area (Å²) in [7, 11) is 0. The number of aromatic amines is 1. The van der Waals surface area contributed by atoms with Crippen LogP contribution in [-0.2, 0) is 30.6 Å². The Bertz CT molecular complexity index is 1620. The van der Waals surface area contributed by atoms with Crippen molar-refractivity contribution >= 4 is 69.3 Å². The van der Waals surface area contributed by atoms with Crippen LogP contribution in [0.2, 0.25) is 4.34 Å². The number of β-lactam (4-membered cyclic amide) rings is 1. The molecule has 42 heavy (non-hydrogen) atoms. The number of aromatic nitrogens is 3. The first-order valence-electron chi connectivity index (χ1n) is 12.2. The Balaban J connectivity index is 1.34. The van der Waals surface area contributed by atoms with Gasteiger partial charge in [0.2, 0.25) is 6.10 Å². The van der Waals surface area contributed by atoms with Crippen molar-refractivity contribution in [1.82, 2.24) is 20.2 Å². The molecule has 2 aliphatic heterocycles. The van der Waals surface area contributed by atoms with Gasteiger partial charge in [-0.1, -0.05) is 28.1 Å². The third kappa shape index (κ3) is 5.68. The largest absolute Gasteiger partial charge is 0.543 e. The molecule has 0 aliphatic carbocycles. The van der Waals surface area contributed by atoms with Gasteiger partial charge in [0.15, 0.2) is 29.8 Å². The molecule has 14 nitrogen and oxygen atoms in total. The van der Waals surface area contributed by atoms with Crippen molar-refractivity contribution < 1.29 is 38.8 Å². The molecular weight excluding hydrogens is 610 g/mol. The van der Waals surface area contributed by atoms with E-state index < -0.39 is 47.0 Å². The summed E-state index contributed by atoms with van der Waals surface area (Å²) >= 11 is 8.26. The lowest BCUT2D eigenvalue weighted by Gasteiger charge is -2.50. The number of H-pyrrole nitrogens is 1. The van der Waals surface area contributed by atoms with E-state index in [4.69, 9.17) is 27.3 Å². The number of rotatable bonds is 10. The maximum absolute atomic E-state index is 13.2. The topological polar surface area (TPSA) is 207 Å². The minimum absolute atomic E-state index is 0.00738. The van der Waals surface area contributed by atoms with Crippen LogP contribution in [0.15, 0.2) is 59.4 Å². The van der Waals surface area contributed by atoms with E-state index >= 15 is 0 Å². The molecule has 0 aromatic carbocycles. The van der Waals surface area contributed by atoms with Gasteiger partial charge in [0.1, 0.15) is 21.4 Å². The molecule has 5 heterocycles. The highest BCUT2D eigenvalue weighted by Gasteiger charge is 2.53. The summed E-state index contributed by atoms with van der Waals surface area (Å²) < 4.78 is 1.79. The number of hydrogen-bond acceptors (Lipinski definition) is 11. The van der Waals surface area contributed by atoms with Gasteiger partial charge in [-0.2, -0.15) is 0 Å². The van der Waals surface area contributed by atoms with Crippen molar-refractivity contribution in [3.05, 3.63) is 64.3 Å². The van der Waals surface area contributed by atoms with E-state index in [1.54, 1.807) is 4.57 Å². The standard InChI is InChI=1S/C25H22ClN7O7S2/c1-11(23(36)37)40-31-16(15-19(26)42-25(27)30-15)20(34)29-17-21(35)33-18(24(38)39)14(10-41-22(17)33)9-32-6-3-12(4-7-32)13-2-5-28-8-13/h2-8,11,17,22H,9-10H2,1H3,(H5,27,29,30,34,36,37,38,39)/b31-16-/t11-,17+,22?/m0/s1. The molecule has 218 valence electrons. The molecule has 2 aliphatic rings. The normalized spacial score (nSPS) is 19.1. The Morgan fingerprint density at radius 2 is 2.10 bits per heavy atom. The fourth-order valence-corrected chi connectivity index (χ4v) is 6.58. The summed E-state index contributed by atoms with van der Waals surface area (Å²) in [5, 5.41) is 26.7. The van der Waals surface area contributed by atoms with Gasteiger partial charge in [0, 0.05) is 35.9 Å². The number of amides is 2. The average molecular weight is 632 g/mol. The number of nitrogens with one attached hydrogen (secondary N) is 2. The number of aliphatic carboxylic acids is 2. The lowest BCUT2D eigenvalue weighted by molar-refractivity contribution is -0.689. The number of carbonyl (C=O) groups excluding carboxylic acids is 3. The van der Waals surface area contributed by atoms with Gasteiger partial charge < -0.3 is 35.9 Å². The quantitative estimate of drug-likeness (QED) is 0.102. The summed E-state index contributed by atoms with van der Waals surface area (Å²) in [6.07, 6.45) is 5.88. The fraction of sp³-hybridized carbons (Fsp3) is 0.240. The third-order valence-corrected chi connectivity index (χ3v) is 8.84. The smallest absolute Gasteiger partial charge is 0.347 e. The predicted octanol–water partition coefficient (Wildman–Crippen LogP) is -0.0408. The number of pyridine rings is 1. The Kier molecular flexibility index (Phi) is 8.20. The highest BCUT2D eigenvalue weighted by Crippen LogP contribution is 2.40. The zero-order valence-electron chi connectivity index (χ0n) is 21.6. The van der Waals surface area contributed by atoms with Crippen molar-refractivity contribution in [3.63, 3.8) is 0 Å². The van der Waals surface area contributed by atoms with E-state index in [1.807, 2.05) is 43.0 Å². The van der Waals surface area contributed by atoms with Crippen molar-refractivity contribution in [2.24, 2.45) is 5.16 Å². The molecule has 17 heteroatoms.